The number of amides is 2. The van der Waals surface area contributed by atoms with Crippen LogP contribution in [0.3, 0.4) is 0 Å². The van der Waals surface area contributed by atoms with Crippen molar-refractivity contribution in [2.75, 3.05) is 78.5 Å². The van der Waals surface area contributed by atoms with Crippen LogP contribution in [0.4, 0.5) is 9.59 Å². The van der Waals surface area contributed by atoms with E-state index in [4.69, 9.17) is 9.47 Å². The van der Waals surface area contributed by atoms with E-state index in [-0.39, 0.29) is 18.0 Å². The summed E-state index contributed by atoms with van der Waals surface area (Å²) in [6.07, 6.45) is 5.22. The molecule has 0 atom stereocenters. The molecule has 3 heterocycles. The van der Waals surface area contributed by atoms with Crippen molar-refractivity contribution in [1.29, 1.82) is 0 Å². The zero-order chi connectivity index (χ0) is 36.8. The van der Waals surface area contributed by atoms with E-state index in [2.05, 4.69) is 62.0 Å². The molecule has 0 aromatic heterocycles. The number of ether oxygens (including phenoxy) is 2. The number of carbonyl (C=O) groups is 3. The maximum atomic E-state index is 11.9. The molecule has 284 valence electrons. The van der Waals surface area contributed by atoms with Crippen LogP contribution in [0.1, 0.15) is 122 Å². The molecule has 2 N–H and O–H groups in total. The van der Waals surface area contributed by atoms with Gasteiger partial charge in [0.05, 0.1) is 0 Å². The zero-order valence-electron chi connectivity index (χ0n) is 33.2. The smallest absolute Gasteiger partial charge is 0.410 e. The van der Waals surface area contributed by atoms with Crippen LogP contribution in [-0.4, -0.2) is 139 Å². The average Bonchev–Trinajstić information content (AvgIpc) is 3.03. The Labute approximate surface area is 295 Å². The summed E-state index contributed by atoms with van der Waals surface area (Å²) in [5.41, 5.74) is -0.856. The van der Waals surface area contributed by atoms with E-state index in [0.29, 0.717) is 32.0 Å². The molecule has 0 aromatic carbocycles. The first kappa shape index (κ1) is 46.0. The molecule has 0 aromatic rings. The van der Waals surface area contributed by atoms with E-state index < -0.39 is 11.2 Å². The van der Waals surface area contributed by atoms with Crippen LogP contribution in [-0.2, 0) is 14.3 Å². The lowest BCUT2D eigenvalue weighted by molar-refractivity contribution is -0.121. The van der Waals surface area contributed by atoms with Gasteiger partial charge >= 0.3 is 12.2 Å². The van der Waals surface area contributed by atoms with Gasteiger partial charge in [0.25, 0.3) is 0 Å². The molecule has 3 fully saturated rings. The quantitative estimate of drug-likeness (QED) is 0.318. The average molecular weight is 685 g/mol. The first-order valence-electron chi connectivity index (χ1n) is 18.9. The maximum absolute atomic E-state index is 11.9. The topological polar surface area (TPSA) is 107 Å². The highest BCUT2D eigenvalue weighted by Gasteiger charge is 2.29. The third-order valence-electron chi connectivity index (χ3n) is 8.56. The number of piperidine rings is 3. The van der Waals surface area contributed by atoms with Gasteiger partial charge in [-0.15, -0.1) is 0 Å². The minimum atomic E-state index is -0.460. The van der Waals surface area contributed by atoms with Gasteiger partial charge in [0.2, 0.25) is 0 Å². The predicted molar refractivity (Wildman–Crippen MR) is 199 cm³/mol. The fourth-order valence-corrected chi connectivity index (χ4v) is 5.91. The Hall–Kier alpha value is -1.95. The molecule has 3 rings (SSSR count). The fourth-order valence-electron chi connectivity index (χ4n) is 5.91. The first-order valence-corrected chi connectivity index (χ1v) is 18.9. The minimum absolute atomic E-state index is 0.166. The Morgan fingerprint density at radius 1 is 0.667 bits per heavy atom. The number of ketones is 1. The lowest BCUT2D eigenvalue weighted by atomic mass is 10.0. The van der Waals surface area contributed by atoms with Gasteiger partial charge in [0.15, 0.2) is 0 Å². The molecule has 11 nitrogen and oxygen atoms in total. The van der Waals surface area contributed by atoms with Gasteiger partial charge in [-0.3, -0.25) is 4.79 Å². The number of Topliss-reactive ketones (excluding diaryl/α,β-unsaturated/α-hetero) is 1. The second-order valence-corrected chi connectivity index (χ2v) is 14.6. The fraction of sp³-hybridized carbons (Fsp3) is 0.919. The first-order chi connectivity index (χ1) is 22.5. The van der Waals surface area contributed by atoms with Crippen molar-refractivity contribution in [3.05, 3.63) is 0 Å². The molecular formula is C37H76N6O5. The van der Waals surface area contributed by atoms with Crippen molar-refractivity contribution >= 4 is 18.0 Å². The molecule has 0 spiro atoms. The summed E-state index contributed by atoms with van der Waals surface area (Å²) >= 11 is 0. The summed E-state index contributed by atoms with van der Waals surface area (Å²) < 4.78 is 10.6. The number of nitrogens with zero attached hydrogens (tertiary/aromatic N) is 4. The SMILES string of the molecule is CC(C)(C)OC(=O)N1CCC(=O)CC1.CCN(CC)C1CCN(C(=O)OC(C)(C)C)CC1.CCN(CC)C1CCNCC1.CCNCC. The van der Waals surface area contributed by atoms with Crippen molar-refractivity contribution < 1.29 is 23.9 Å². The van der Waals surface area contributed by atoms with E-state index >= 15 is 0 Å². The number of rotatable bonds is 8. The van der Waals surface area contributed by atoms with Crippen LogP contribution >= 0.6 is 0 Å². The summed E-state index contributed by atoms with van der Waals surface area (Å²) in [7, 11) is 0. The number of carbonyl (C=O) groups excluding carboxylic acids is 3. The highest BCUT2D eigenvalue weighted by atomic mass is 16.6. The highest BCUT2D eigenvalue weighted by molar-refractivity contribution is 5.81. The van der Waals surface area contributed by atoms with Crippen LogP contribution in [0.25, 0.3) is 0 Å². The Kier molecular flexibility index (Phi) is 24.1. The van der Waals surface area contributed by atoms with Gasteiger partial charge in [-0.25, -0.2) is 9.59 Å². The van der Waals surface area contributed by atoms with Crippen molar-refractivity contribution in [2.45, 2.75) is 145 Å². The van der Waals surface area contributed by atoms with Gasteiger partial charge in [0.1, 0.15) is 17.0 Å². The molecule has 3 saturated heterocycles. The van der Waals surface area contributed by atoms with Gasteiger partial charge in [-0.05, 0) is 120 Å². The largest absolute Gasteiger partial charge is 0.444 e. The van der Waals surface area contributed by atoms with Crippen molar-refractivity contribution in [3.8, 4) is 0 Å². The standard InChI is InChI=1S/C14H28N2O2.C10H17NO3.C9H20N2.C4H11N/c1-6-15(7-2)12-8-10-16(11-9-12)13(17)18-14(3,4)5;1-10(2,3)14-9(13)11-6-4-8(12)5-7-11;1-3-11(4-2)9-5-7-10-8-6-9;1-3-5-4-2/h12H,6-11H2,1-5H3;4-7H2,1-3H3;9-10H,3-8H2,1-2H3;5H,3-4H2,1-2H3. The van der Waals surface area contributed by atoms with Crippen LogP contribution in [0.5, 0.6) is 0 Å². The molecule has 0 aliphatic carbocycles. The second-order valence-electron chi connectivity index (χ2n) is 14.6. The summed E-state index contributed by atoms with van der Waals surface area (Å²) in [4.78, 5) is 42.8. The molecule has 0 bridgehead atoms. The van der Waals surface area contributed by atoms with Crippen molar-refractivity contribution in [1.82, 2.24) is 30.2 Å². The van der Waals surface area contributed by atoms with E-state index in [9.17, 15) is 14.4 Å². The molecule has 3 aliphatic heterocycles. The predicted octanol–water partition coefficient (Wildman–Crippen LogP) is 6.01. The molecule has 2 amide bonds. The van der Waals surface area contributed by atoms with Gasteiger partial charge in [0, 0.05) is 51.1 Å². The number of hydrogen-bond acceptors (Lipinski definition) is 9. The van der Waals surface area contributed by atoms with Gasteiger partial charge < -0.3 is 39.7 Å². The molecule has 0 unspecified atom stereocenters. The zero-order valence-corrected chi connectivity index (χ0v) is 33.2. The van der Waals surface area contributed by atoms with Crippen LogP contribution in [0.15, 0.2) is 0 Å². The molecule has 48 heavy (non-hydrogen) atoms. The lowest BCUT2D eigenvalue weighted by Crippen LogP contribution is -2.47. The summed E-state index contributed by atoms with van der Waals surface area (Å²) in [6, 6.07) is 1.48. The van der Waals surface area contributed by atoms with E-state index in [1.807, 2.05) is 46.4 Å². The van der Waals surface area contributed by atoms with E-state index in [1.165, 1.54) is 39.0 Å². The van der Waals surface area contributed by atoms with Crippen molar-refractivity contribution in [2.24, 2.45) is 0 Å². The van der Waals surface area contributed by atoms with E-state index in [1.54, 1.807) is 4.90 Å². The monoisotopic (exact) mass is 685 g/mol. The Morgan fingerprint density at radius 2 is 1.02 bits per heavy atom. The summed E-state index contributed by atoms with van der Waals surface area (Å²) in [5, 5.41) is 6.50. The van der Waals surface area contributed by atoms with Gasteiger partial charge in [-0.1, -0.05) is 41.5 Å². The Bertz CT molecular complexity index is 841. The molecule has 3 aliphatic rings. The Balaban J connectivity index is 0.000000659. The number of hydrogen-bond donors (Lipinski definition) is 2. The second kappa shape index (κ2) is 25.1. The minimum Gasteiger partial charge on any atom is -0.444 e. The van der Waals surface area contributed by atoms with Crippen LogP contribution in [0, 0.1) is 0 Å². The molecule has 11 heteroatoms. The van der Waals surface area contributed by atoms with E-state index in [0.717, 1.165) is 58.2 Å². The molecular weight excluding hydrogens is 608 g/mol. The molecule has 0 radical (unpaired) electrons. The normalized spacial score (nSPS) is 17.8. The lowest BCUT2D eigenvalue weighted by Gasteiger charge is -2.38. The maximum Gasteiger partial charge on any atom is 0.410 e. The number of likely N-dealkylation sites (tertiary alicyclic amines) is 2. The number of nitrogens with one attached hydrogen (secondary N) is 2. The van der Waals surface area contributed by atoms with Crippen LogP contribution < -0.4 is 10.6 Å². The molecule has 0 saturated carbocycles. The van der Waals surface area contributed by atoms with Crippen molar-refractivity contribution in [3.63, 3.8) is 0 Å². The highest BCUT2D eigenvalue weighted by Crippen LogP contribution is 2.19. The summed E-state index contributed by atoms with van der Waals surface area (Å²) in [6.45, 7) is 36.2. The van der Waals surface area contributed by atoms with Crippen LogP contribution in [0.2, 0.25) is 0 Å². The third kappa shape index (κ3) is 21.2. The third-order valence-corrected chi connectivity index (χ3v) is 8.56. The Morgan fingerprint density at radius 3 is 1.33 bits per heavy atom. The van der Waals surface area contributed by atoms with Gasteiger partial charge in [-0.2, -0.15) is 0 Å². The summed E-state index contributed by atoms with van der Waals surface area (Å²) in [5.74, 6) is 0.227.